The molecule has 4 aromatic rings. The van der Waals surface area contributed by atoms with E-state index in [2.05, 4.69) is 24.9 Å². The van der Waals surface area contributed by atoms with Gasteiger partial charge in [0.15, 0.2) is 5.65 Å². The molecule has 1 saturated heterocycles. The zero-order chi connectivity index (χ0) is 22.6. The lowest BCUT2D eigenvalue weighted by Gasteiger charge is -2.35. The Morgan fingerprint density at radius 1 is 0.969 bits per heavy atom. The zero-order valence-corrected chi connectivity index (χ0v) is 16.4. The molecule has 3 aromatic heterocycles. The first-order valence-electron chi connectivity index (χ1n) is 9.62. The van der Waals surface area contributed by atoms with Gasteiger partial charge < -0.3 is 25.5 Å². The number of anilines is 2. The van der Waals surface area contributed by atoms with Gasteiger partial charge in [-0.2, -0.15) is 13.2 Å². The second-order valence-corrected chi connectivity index (χ2v) is 7.37. The van der Waals surface area contributed by atoms with Crippen LogP contribution < -0.4 is 15.5 Å². The third-order valence-electron chi connectivity index (χ3n) is 5.31. The van der Waals surface area contributed by atoms with Crippen LogP contribution in [0.3, 0.4) is 0 Å². The van der Waals surface area contributed by atoms with Crippen LogP contribution in [-0.4, -0.2) is 57.0 Å². The normalized spacial score (nSPS) is 15.1. The van der Waals surface area contributed by atoms with Gasteiger partial charge in [-0.25, -0.2) is 19.3 Å². The maximum absolute atomic E-state index is 13.8. The van der Waals surface area contributed by atoms with E-state index < -0.39 is 23.7 Å². The molecule has 5 rings (SSSR count). The zero-order valence-electron chi connectivity index (χ0n) is 16.4. The quantitative estimate of drug-likeness (QED) is 0.414. The van der Waals surface area contributed by atoms with E-state index in [0.717, 1.165) is 6.07 Å². The Bertz CT molecular complexity index is 1340. The number of nitrogens with one attached hydrogen (secondary N) is 2. The number of aromatic amines is 2. The Labute approximate surface area is 177 Å². The number of carbonyl (C=O) groups is 1. The summed E-state index contributed by atoms with van der Waals surface area (Å²) in [5.74, 6) is -1.47. The SMILES string of the molecule is NC(=O)c1cc(F)cc2[nH]c(N3CCN(c4ccc5[nH]c(C(F)(F)F)nc5n4)CC3)nc12. The fourth-order valence-corrected chi connectivity index (χ4v) is 3.75. The molecule has 1 aliphatic heterocycles. The highest BCUT2D eigenvalue weighted by Crippen LogP contribution is 2.29. The summed E-state index contributed by atoms with van der Waals surface area (Å²) in [7, 11) is 0. The molecule has 0 radical (unpaired) electrons. The molecule has 0 aliphatic carbocycles. The monoisotopic (exact) mass is 448 g/mol. The van der Waals surface area contributed by atoms with Crippen LogP contribution >= 0.6 is 0 Å². The summed E-state index contributed by atoms with van der Waals surface area (Å²) in [5.41, 5.74) is 6.18. The molecule has 0 unspecified atom stereocenters. The van der Waals surface area contributed by atoms with Crippen LogP contribution in [0.5, 0.6) is 0 Å². The fraction of sp³-hybridized carbons (Fsp3) is 0.263. The number of carbonyl (C=O) groups excluding carboxylic acids is 1. The number of H-pyrrole nitrogens is 2. The lowest BCUT2D eigenvalue weighted by molar-refractivity contribution is -0.144. The number of primary amides is 1. The average Bonchev–Trinajstić information content (AvgIpc) is 3.36. The summed E-state index contributed by atoms with van der Waals surface area (Å²) < 4.78 is 52.4. The largest absolute Gasteiger partial charge is 0.449 e. The summed E-state index contributed by atoms with van der Waals surface area (Å²) in [6.07, 6.45) is -4.57. The van der Waals surface area contributed by atoms with Crippen molar-refractivity contribution in [1.29, 1.82) is 0 Å². The number of pyridine rings is 1. The number of rotatable bonds is 3. The van der Waals surface area contributed by atoms with E-state index in [1.165, 1.54) is 12.1 Å². The molecule has 166 valence electrons. The molecule has 13 heteroatoms. The van der Waals surface area contributed by atoms with Gasteiger partial charge in [0.1, 0.15) is 17.2 Å². The van der Waals surface area contributed by atoms with Crippen LogP contribution in [0.15, 0.2) is 24.3 Å². The lowest BCUT2D eigenvalue weighted by atomic mass is 10.1. The van der Waals surface area contributed by atoms with E-state index in [4.69, 9.17) is 5.73 Å². The Hall–Kier alpha value is -3.90. The highest BCUT2D eigenvalue weighted by molar-refractivity contribution is 6.04. The van der Waals surface area contributed by atoms with Crippen molar-refractivity contribution in [2.24, 2.45) is 5.73 Å². The fourth-order valence-electron chi connectivity index (χ4n) is 3.75. The Balaban J connectivity index is 1.35. The van der Waals surface area contributed by atoms with E-state index in [1.54, 1.807) is 6.07 Å². The van der Waals surface area contributed by atoms with Crippen molar-refractivity contribution in [3.63, 3.8) is 0 Å². The molecule has 32 heavy (non-hydrogen) atoms. The maximum Gasteiger partial charge on any atom is 0.449 e. The first-order chi connectivity index (χ1) is 15.2. The molecule has 9 nitrogen and oxygen atoms in total. The molecule has 1 aromatic carbocycles. The molecule has 1 amide bonds. The lowest BCUT2D eigenvalue weighted by Crippen LogP contribution is -2.47. The van der Waals surface area contributed by atoms with Gasteiger partial charge in [0.2, 0.25) is 11.8 Å². The van der Waals surface area contributed by atoms with Crippen molar-refractivity contribution in [3.8, 4) is 0 Å². The number of fused-ring (bicyclic) bond motifs is 2. The number of aromatic nitrogens is 5. The average molecular weight is 448 g/mol. The molecule has 0 bridgehead atoms. The van der Waals surface area contributed by atoms with Gasteiger partial charge in [0.25, 0.3) is 5.91 Å². The van der Waals surface area contributed by atoms with Crippen molar-refractivity contribution in [2.45, 2.75) is 6.18 Å². The first-order valence-corrected chi connectivity index (χ1v) is 9.62. The first kappa shape index (κ1) is 20.0. The van der Waals surface area contributed by atoms with Crippen molar-refractivity contribution < 1.29 is 22.4 Å². The number of alkyl halides is 3. The minimum Gasteiger partial charge on any atom is -0.366 e. The standard InChI is InChI=1S/C19H16F4N8O/c20-9-7-10(15(24)32)14-12(8-9)26-18(28-14)31-5-3-30(4-6-31)13-2-1-11-16(27-13)29-17(25-11)19(21,22)23/h1-2,7-8H,3-6H2,(H2,24,32)(H,26,28)(H,25,27,29). The molecule has 1 fully saturated rings. The van der Waals surface area contributed by atoms with Gasteiger partial charge in [-0.3, -0.25) is 4.79 Å². The molecule has 0 atom stereocenters. The summed E-state index contributed by atoms with van der Waals surface area (Å²) in [6, 6.07) is 5.45. The van der Waals surface area contributed by atoms with Crippen molar-refractivity contribution >= 4 is 39.9 Å². The Morgan fingerprint density at radius 3 is 2.38 bits per heavy atom. The summed E-state index contributed by atoms with van der Waals surface area (Å²) in [4.78, 5) is 32.9. The summed E-state index contributed by atoms with van der Waals surface area (Å²) >= 11 is 0. The predicted octanol–water partition coefficient (Wildman–Crippen LogP) is 2.42. The topological polar surface area (TPSA) is 120 Å². The number of benzene rings is 1. The minimum absolute atomic E-state index is 0.00383. The van der Waals surface area contributed by atoms with Gasteiger partial charge in [-0.15, -0.1) is 0 Å². The Morgan fingerprint density at radius 2 is 1.69 bits per heavy atom. The van der Waals surface area contributed by atoms with Gasteiger partial charge in [0, 0.05) is 26.2 Å². The number of amides is 1. The number of imidazole rings is 2. The van der Waals surface area contributed by atoms with Crippen LogP contribution in [0.4, 0.5) is 29.3 Å². The second-order valence-electron chi connectivity index (χ2n) is 7.37. The highest BCUT2D eigenvalue weighted by Gasteiger charge is 2.35. The van der Waals surface area contributed by atoms with Crippen LogP contribution in [0.25, 0.3) is 22.2 Å². The minimum atomic E-state index is -4.57. The van der Waals surface area contributed by atoms with E-state index in [-0.39, 0.29) is 16.7 Å². The van der Waals surface area contributed by atoms with E-state index >= 15 is 0 Å². The van der Waals surface area contributed by atoms with Gasteiger partial charge in [0.05, 0.1) is 16.6 Å². The van der Waals surface area contributed by atoms with Crippen LogP contribution in [0.1, 0.15) is 16.2 Å². The number of nitrogens with two attached hydrogens (primary N) is 1. The van der Waals surface area contributed by atoms with Crippen molar-refractivity contribution in [3.05, 3.63) is 41.5 Å². The van der Waals surface area contributed by atoms with Crippen molar-refractivity contribution in [2.75, 3.05) is 36.0 Å². The number of halogens is 4. The molecule has 0 spiro atoms. The van der Waals surface area contributed by atoms with Crippen LogP contribution in [0.2, 0.25) is 0 Å². The maximum atomic E-state index is 13.8. The molecule has 1 aliphatic rings. The van der Waals surface area contributed by atoms with Gasteiger partial charge in [-0.05, 0) is 24.3 Å². The molecular formula is C19H16F4N8O. The highest BCUT2D eigenvalue weighted by atomic mass is 19.4. The molecule has 4 heterocycles. The molecule has 0 saturated carbocycles. The number of nitrogens with zero attached hydrogens (tertiary/aromatic N) is 5. The van der Waals surface area contributed by atoms with Crippen molar-refractivity contribution in [1.82, 2.24) is 24.9 Å². The summed E-state index contributed by atoms with van der Waals surface area (Å²) in [5, 5.41) is 0. The third kappa shape index (κ3) is 3.44. The van der Waals surface area contributed by atoms with Gasteiger partial charge in [-0.1, -0.05) is 0 Å². The molecular weight excluding hydrogens is 432 g/mol. The molecule has 4 N–H and O–H groups in total. The van der Waals surface area contributed by atoms with Crippen LogP contribution in [0, 0.1) is 5.82 Å². The second kappa shape index (κ2) is 7.07. The van der Waals surface area contributed by atoms with Gasteiger partial charge >= 0.3 is 6.18 Å². The number of piperazine rings is 1. The van der Waals surface area contributed by atoms with E-state index in [9.17, 15) is 22.4 Å². The Kier molecular flexibility index (Phi) is 4.42. The smallest absolute Gasteiger partial charge is 0.366 e. The van der Waals surface area contributed by atoms with E-state index in [1.807, 2.05) is 9.80 Å². The van der Waals surface area contributed by atoms with Crippen LogP contribution in [-0.2, 0) is 6.18 Å². The number of hydrogen-bond donors (Lipinski definition) is 3. The number of hydrogen-bond acceptors (Lipinski definition) is 6. The summed E-state index contributed by atoms with van der Waals surface area (Å²) in [6.45, 7) is 2.07. The third-order valence-corrected chi connectivity index (χ3v) is 5.31. The predicted molar refractivity (Wildman–Crippen MR) is 108 cm³/mol. The van der Waals surface area contributed by atoms with E-state index in [0.29, 0.717) is 49.0 Å².